The number of piperidine rings is 2. The molecule has 5 rings (SSSR count). The van der Waals surface area contributed by atoms with E-state index in [0.717, 1.165) is 37.4 Å². The molecule has 0 radical (unpaired) electrons. The van der Waals surface area contributed by atoms with Gasteiger partial charge in [0.05, 0.1) is 30.7 Å². The molecule has 3 aromatic rings. The first-order valence-corrected chi connectivity index (χ1v) is 16.6. The largest absolute Gasteiger partial charge is 0.497 e. The van der Waals surface area contributed by atoms with Crippen molar-refractivity contribution in [3.63, 3.8) is 0 Å². The Morgan fingerprint density at radius 3 is 1.98 bits per heavy atom. The number of aliphatic carboxylic acids is 2. The third-order valence-electron chi connectivity index (χ3n) is 11.3. The number of hydrogen-bond donors (Lipinski definition) is 4. The van der Waals surface area contributed by atoms with E-state index < -0.39 is 45.8 Å². The summed E-state index contributed by atoms with van der Waals surface area (Å²) in [7, 11) is 3.29. The molecule has 5 unspecified atom stereocenters. The monoisotopic (exact) mass is 674 g/mol. The van der Waals surface area contributed by atoms with Crippen molar-refractivity contribution in [1.29, 1.82) is 0 Å². The third-order valence-corrected chi connectivity index (χ3v) is 11.3. The van der Waals surface area contributed by atoms with Gasteiger partial charge in [0.15, 0.2) is 0 Å². The van der Waals surface area contributed by atoms with Crippen molar-refractivity contribution in [1.82, 2.24) is 10.2 Å². The number of methoxy groups -OCH3 is 2. The Morgan fingerprint density at radius 2 is 1.51 bits per heavy atom. The summed E-state index contributed by atoms with van der Waals surface area (Å²) in [6.07, 6.45) is 1.17. The average Bonchev–Trinajstić information content (AvgIpc) is 3.10. The van der Waals surface area contributed by atoms with Gasteiger partial charge in [-0.2, -0.15) is 0 Å². The number of non-ortho nitro benzene ring substituents is 1. The van der Waals surface area contributed by atoms with Gasteiger partial charge in [-0.15, -0.1) is 0 Å². The number of benzene rings is 3. The minimum Gasteiger partial charge on any atom is -0.497 e. The number of carboxylic acid groups (broad SMARTS) is 2. The highest BCUT2D eigenvalue weighted by Crippen LogP contribution is 2.57. The molecule has 0 aliphatic carbocycles. The van der Waals surface area contributed by atoms with E-state index in [4.69, 9.17) is 15.2 Å². The number of nitrogens with one attached hydrogen (secondary N) is 1. The maximum absolute atomic E-state index is 13.4. The molecule has 2 aliphatic rings. The fourth-order valence-corrected chi connectivity index (χ4v) is 8.37. The van der Waals surface area contributed by atoms with E-state index in [0.29, 0.717) is 13.0 Å². The van der Waals surface area contributed by atoms with Crippen LogP contribution in [0.15, 0.2) is 72.8 Å². The van der Waals surface area contributed by atoms with Crippen LogP contribution < -0.4 is 20.5 Å². The highest BCUT2D eigenvalue weighted by Gasteiger charge is 2.65. The molecule has 12 nitrogen and oxygen atoms in total. The summed E-state index contributed by atoms with van der Waals surface area (Å²) in [5.74, 6) is -2.02. The second-order valence-electron chi connectivity index (χ2n) is 13.6. The van der Waals surface area contributed by atoms with Gasteiger partial charge in [0.2, 0.25) is 0 Å². The lowest BCUT2D eigenvalue weighted by atomic mass is 9.52. The summed E-state index contributed by atoms with van der Waals surface area (Å²) in [6.45, 7) is 5.26. The zero-order valence-corrected chi connectivity index (χ0v) is 28.4. The molecule has 2 fully saturated rings. The highest BCUT2D eigenvalue weighted by atomic mass is 16.6. The molecule has 12 heteroatoms. The van der Waals surface area contributed by atoms with Crippen LogP contribution in [-0.2, 0) is 15.0 Å². The van der Waals surface area contributed by atoms with Gasteiger partial charge in [-0.05, 0) is 100 Å². The van der Waals surface area contributed by atoms with Crippen LogP contribution in [0.5, 0.6) is 11.5 Å². The van der Waals surface area contributed by atoms with Gasteiger partial charge in [0.1, 0.15) is 16.9 Å². The van der Waals surface area contributed by atoms with Crippen LogP contribution in [0.3, 0.4) is 0 Å². The summed E-state index contributed by atoms with van der Waals surface area (Å²) in [6, 6.07) is 21.3. The molecule has 49 heavy (non-hydrogen) atoms. The Morgan fingerprint density at radius 1 is 0.959 bits per heavy atom. The third kappa shape index (κ3) is 6.36. The smallest absolute Gasteiger partial charge is 0.312 e. The summed E-state index contributed by atoms with van der Waals surface area (Å²) in [5.41, 5.74) is 5.18. The zero-order valence-electron chi connectivity index (χ0n) is 28.4. The lowest BCUT2D eigenvalue weighted by Gasteiger charge is -2.56. The van der Waals surface area contributed by atoms with E-state index in [1.807, 2.05) is 24.3 Å². The van der Waals surface area contributed by atoms with Crippen LogP contribution in [0.2, 0.25) is 0 Å². The molecule has 0 saturated carbocycles. The summed E-state index contributed by atoms with van der Waals surface area (Å²) < 4.78 is 10.8. The predicted octanol–water partition coefficient (Wildman–Crippen LogP) is 5.00. The van der Waals surface area contributed by atoms with Crippen LogP contribution in [0.1, 0.15) is 62.1 Å². The number of nitro benzene ring substituents is 1. The quantitative estimate of drug-likeness (QED) is 0.150. The molecule has 0 bridgehead atoms. The van der Waals surface area contributed by atoms with Gasteiger partial charge in [-0.25, -0.2) is 0 Å². The van der Waals surface area contributed by atoms with Gasteiger partial charge in [-0.3, -0.25) is 25.0 Å². The van der Waals surface area contributed by atoms with Gasteiger partial charge in [-0.1, -0.05) is 36.4 Å². The fourth-order valence-electron chi connectivity index (χ4n) is 8.37. The summed E-state index contributed by atoms with van der Waals surface area (Å²) in [5, 5.41) is 36.3. The minimum absolute atomic E-state index is 0.137. The zero-order chi connectivity index (χ0) is 35.6. The predicted molar refractivity (Wildman–Crippen MR) is 184 cm³/mol. The number of likely N-dealkylation sites (tertiary alicyclic amines) is 1. The summed E-state index contributed by atoms with van der Waals surface area (Å²) >= 11 is 0. The lowest BCUT2D eigenvalue weighted by molar-refractivity contribution is -0.385. The Labute approximate surface area is 286 Å². The van der Waals surface area contributed by atoms with Crippen molar-refractivity contribution >= 4 is 17.6 Å². The minimum atomic E-state index is -1.78. The SMILES string of the molecule is COc1ccc(C2(c3ccc(OC)cc3)CCN(CCCC3(C(=O)O)C(C)NC(N)C(C)(C(=O)O)C3c3cccc([N+](=O)[O-])c3)CC2)cc1. The van der Waals surface area contributed by atoms with Gasteiger partial charge >= 0.3 is 11.9 Å². The Bertz CT molecular complexity index is 1610. The van der Waals surface area contributed by atoms with Crippen LogP contribution in [0, 0.1) is 20.9 Å². The number of ether oxygens (including phenoxy) is 2. The molecule has 0 spiro atoms. The molecule has 3 aromatic carbocycles. The van der Waals surface area contributed by atoms with E-state index in [1.165, 1.54) is 36.2 Å². The Hall–Kier alpha value is -4.52. The van der Waals surface area contributed by atoms with E-state index in [2.05, 4.69) is 34.5 Å². The van der Waals surface area contributed by atoms with E-state index >= 15 is 0 Å². The lowest BCUT2D eigenvalue weighted by Crippen LogP contribution is -2.72. The van der Waals surface area contributed by atoms with Crippen LogP contribution in [0.25, 0.3) is 0 Å². The van der Waals surface area contributed by atoms with Gasteiger partial charge in [0.25, 0.3) is 5.69 Å². The molecular formula is C37H46N4O8. The fraction of sp³-hybridized carbons (Fsp3) is 0.459. The standard InChI is InChI=1S/C37H46N4O8/c1-24-37(34(44)45,31(35(2,33(42)43)32(38)39-24)25-7-5-8-28(23-25)41(46)47)17-6-20-40-21-18-36(19-22-40,26-9-13-29(48-3)14-10-26)27-11-15-30(49-4)16-12-27/h5,7-16,23-24,31-32,39H,6,17-22,38H2,1-4H3,(H,42,43)(H,44,45). The first kappa shape index (κ1) is 35.8. The Kier molecular flexibility index (Phi) is 10.3. The maximum atomic E-state index is 13.4. The van der Waals surface area contributed by atoms with Gasteiger partial charge in [0, 0.05) is 29.5 Å². The van der Waals surface area contributed by atoms with Crippen LogP contribution in [-0.4, -0.2) is 78.0 Å². The molecule has 5 atom stereocenters. The first-order valence-electron chi connectivity index (χ1n) is 16.6. The molecule has 0 amide bonds. The Balaban J connectivity index is 1.41. The summed E-state index contributed by atoms with van der Waals surface area (Å²) in [4.78, 5) is 39.8. The number of nitro groups is 1. The first-order chi connectivity index (χ1) is 23.3. The molecular weight excluding hydrogens is 628 g/mol. The van der Waals surface area contributed by atoms with E-state index in [9.17, 15) is 29.9 Å². The second kappa shape index (κ2) is 14.1. The molecule has 0 aromatic heterocycles. The van der Waals surface area contributed by atoms with Crippen molar-refractivity contribution < 1.29 is 34.2 Å². The molecule has 2 heterocycles. The van der Waals surface area contributed by atoms with Gasteiger partial charge < -0.3 is 30.3 Å². The molecule has 2 aliphatic heterocycles. The van der Waals surface area contributed by atoms with E-state index in [1.54, 1.807) is 27.2 Å². The van der Waals surface area contributed by atoms with Crippen LogP contribution >= 0.6 is 0 Å². The van der Waals surface area contributed by atoms with Crippen molar-refractivity contribution in [2.45, 2.75) is 63.1 Å². The van der Waals surface area contributed by atoms with Crippen molar-refractivity contribution in [3.8, 4) is 11.5 Å². The van der Waals surface area contributed by atoms with E-state index in [-0.39, 0.29) is 23.1 Å². The second-order valence-corrected chi connectivity index (χ2v) is 13.6. The maximum Gasteiger partial charge on any atom is 0.312 e. The highest BCUT2D eigenvalue weighted by molar-refractivity contribution is 5.84. The molecule has 262 valence electrons. The molecule has 5 N–H and O–H groups in total. The number of nitrogens with two attached hydrogens (primary N) is 1. The van der Waals surface area contributed by atoms with Crippen LogP contribution in [0.4, 0.5) is 5.69 Å². The van der Waals surface area contributed by atoms with Crippen molar-refractivity contribution in [2.24, 2.45) is 16.6 Å². The van der Waals surface area contributed by atoms with Crippen molar-refractivity contribution in [2.75, 3.05) is 33.9 Å². The normalized spacial score (nSPS) is 26.8. The average molecular weight is 675 g/mol. The topological polar surface area (TPSA) is 177 Å². The molecule has 2 saturated heterocycles. The number of carboxylic acids is 2. The number of carbonyl (C=O) groups is 2. The number of nitrogens with zero attached hydrogens (tertiary/aromatic N) is 2. The number of rotatable bonds is 12. The number of hydrogen-bond acceptors (Lipinski definition) is 9. The van der Waals surface area contributed by atoms with Crippen molar-refractivity contribution in [3.05, 3.63) is 99.6 Å².